The highest BCUT2D eigenvalue weighted by Crippen LogP contribution is 2.43. The molecule has 0 aliphatic rings. The van der Waals surface area contributed by atoms with E-state index < -0.39 is 20.0 Å². The fourth-order valence-corrected chi connectivity index (χ4v) is 7.36. The van der Waals surface area contributed by atoms with Crippen LogP contribution in [-0.4, -0.2) is 73.4 Å². The van der Waals surface area contributed by atoms with E-state index in [0.717, 1.165) is 44.9 Å². The number of aliphatic hydroxyl groups excluding tert-OH is 1. The highest BCUT2D eigenvalue weighted by molar-refractivity contribution is 7.47. The Morgan fingerprint density at radius 2 is 1.02 bits per heavy atom. The van der Waals surface area contributed by atoms with Crippen LogP contribution in [0.15, 0.2) is 12.2 Å². The van der Waals surface area contributed by atoms with Crippen molar-refractivity contribution in [1.82, 2.24) is 5.32 Å². The van der Waals surface area contributed by atoms with Crippen molar-refractivity contribution in [2.45, 2.75) is 225 Å². The predicted octanol–water partition coefficient (Wildman–Crippen LogP) is 12.4. The summed E-state index contributed by atoms with van der Waals surface area (Å²) < 4.78 is 23.6. The Hall–Kier alpha value is -0.760. The van der Waals surface area contributed by atoms with Gasteiger partial charge in [0.05, 0.1) is 39.9 Å². The molecule has 0 aliphatic heterocycles. The second-order valence-electron chi connectivity index (χ2n) is 16.8. The van der Waals surface area contributed by atoms with Crippen LogP contribution < -0.4 is 5.32 Å². The summed E-state index contributed by atoms with van der Waals surface area (Å²) in [6, 6.07) is -0.770. The van der Waals surface area contributed by atoms with E-state index in [0.29, 0.717) is 23.9 Å². The molecule has 0 saturated heterocycles. The maximum atomic E-state index is 12.9. The van der Waals surface area contributed by atoms with Crippen LogP contribution >= 0.6 is 7.82 Å². The summed E-state index contributed by atoms with van der Waals surface area (Å²) in [6.45, 7) is 4.88. The van der Waals surface area contributed by atoms with Crippen molar-refractivity contribution in [2.75, 3.05) is 40.9 Å². The Morgan fingerprint density at radius 1 is 0.623 bits per heavy atom. The fraction of sp³-hybridized carbons (Fsp3) is 0.932. The maximum absolute atomic E-state index is 12.9. The molecule has 53 heavy (non-hydrogen) atoms. The van der Waals surface area contributed by atoms with E-state index >= 15 is 0 Å². The van der Waals surface area contributed by atoms with Crippen LogP contribution in [0.4, 0.5) is 0 Å². The van der Waals surface area contributed by atoms with Crippen molar-refractivity contribution in [3.05, 3.63) is 12.2 Å². The Balaban J connectivity index is 4.38. The summed E-state index contributed by atoms with van der Waals surface area (Å²) in [7, 11) is 1.61. The molecule has 316 valence electrons. The van der Waals surface area contributed by atoms with Crippen molar-refractivity contribution in [1.29, 1.82) is 0 Å². The molecule has 1 unspecified atom stereocenters. The van der Waals surface area contributed by atoms with Gasteiger partial charge in [-0.2, -0.15) is 0 Å². The molecule has 0 rings (SSSR count). The van der Waals surface area contributed by atoms with E-state index in [4.69, 9.17) is 9.05 Å². The van der Waals surface area contributed by atoms with Crippen molar-refractivity contribution < 1.29 is 32.9 Å². The quantitative estimate of drug-likeness (QED) is 0.0247. The first-order valence-electron chi connectivity index (χ1n) is 22.6. The molecule has 1 amide bonds. The van der Waals surface area contributed by atoms with Gasteiger partial charge in [0.15, 0.2) is 0 Å². The summed E-state index contributed by atoms with van der Waals surface area (Å²) in [6.07, 6.45) is 40.9. The largest absolute Gasteiger partial charge is 0.472 e. The number of aliphatic hydroxyl groups is 1. The number of amides is 1. The van der Waals surface area contributed by atoms with Gasteiger partial charge in [-0.15, -0.1) is 0 Å². The monoisotopic (exact) mass is 774 g/mol. The first-order valence-corrected chi connectivity index (χ1v) is 24.0. The van der Waals surface area contributed by atoms with Gasteiger partial charge in [0.25, 0.3) is 0 Å². The topological polar surface area (TPSA) is 105 Å². The van der Waals surface area contributed by atoms with Gasteiger partial charge in [0.2, 0.25) is 5.91 Å². The second-order valence-corrected chi connectivity index (χ2v) is 18.2. The third-order valence-corrected chi connectivity index (χ3v) is 11.2. The van der Waals surface area contributed by atoms with Crippen molar-refractivity contribution in [3.63, 3.8) is 0 Å². The van der Waals surface area contributed by atoms with Crippen molar-refractivity contribution >= 4 is 13.7 Å². The highest BCUT2D eigenvalue weighted by atomic mass is 31.2. The zero-order valence-electron chi connectivity index (χ0n) is 35.8. The third kappa shape index (κ3) is 39.3. The maximum Gasteiger partial charge on any atom is 0.472 e. The number of carbonyl (C=O) groups is 1. The second kappa shape index (κ2) is 36.9. The first-order chi connectivity index (χ1) is 25.5. The lowest BCUT2D eigenvalue weighted by Crippen LogP contribution is -2.46. The molecule has 3 N–H and O–H groups in total. The molecule has 0 heterocycles. The number of phosphoric ester groups is 1. The molecule has 0 fully saturated rings. The van der Waals surface area contributed by atoms with Gasteiger partial charge in [0.1, 0.15) is 13.2 Å². The predicted molar refractivity (Wildman–Crippen MR) is 226 cm³/mol. The molecule has 0 saturated carbocycles. The van der Waals surface area contributed by atoms with Gasteiger partial charge < -0.3 is 19.8 Å². The molecule has 0 radical (unpaired) electrons. The summed E-state index contributed by atoms with van der Waals surface area (Å²) in [5, 5.41) is 13.9. The van der Waals surface area contributed by atoms with E-state index in [-0.39, 0.29) is 19.1 Å². The van der Waals surface area contributed by atoms with Gasteiger partial charge in [-0.3, -0.25) is 13.8 Å². The molecule has 0 aliphatic carbocycles. The number of hydrogen-bond acceptors (Lipinski definition) is 5. The number of nitrogens with one attached hydrogen (secondary N) is 1. The minimum atomic E-state index is -4.31. The van der Waals surface area contributed by atoms with E-state index in [1.54, 1.807) is 0 Å². The van der Waals surface area contributed by atoms with Gasteiger partial charge in [-0.05, 0) is 38.5 Å². The summed E-state index contributed by atoms with van der Waals surface area (Å²) in [5.74, 6) is -0.152. The third-order valence-electron chi connectivity index (χ3n) is 10.3. The summed E-state index contributed by atoms with van der Waals surface area (Å²) in [5.41, 5.74) is 0. The molecule has 0 aromatic carbocycles. The summed E-state index contributed by atoms with van der Waals surface area (Å²) >= 11 is 0. The average molecular weight is 774 g/mol. The lowest BCUT2D eigenvalue weighted by atomic mass is 10.0. The van der Waals surface area contributed by atoms with E-state index in [2.05, 4.69) is 31.3 Å². The fourth-order valence-electron chi connectivity index (χ4n) is 6.63. The molecule has 3 atom stereocenters. The number of carbonyl (C=O) groups excluding carboxylic acids is 1. The van der Waals surface area contributed by atoms with Crippen LogP contribution in [0.25, 0.3) is 0 Å². The zero-order chi connectivity index (χ0) is 39.3. The SMILES string of the molecule is CCCCCCCCCCCC/C=C/CCCC[C@@H](O)[C@H](COP(=O)(O)OCC[N+](C)(C)C)NC(=O)CCCCCCCCCCCCCCCCC. The van der Waals surface area contributed by atoms with E-state index in [1.165, 1.54) is 141 Å². The number of allylic oxidation sites excluding steroid dienone is 2. The summed E-state index contributed by atoms with van der Waals surface area (Å²) in [4.78, 5) is 23.1. The smallest absolute Gasteiger partial charge is 0.391 e. The van der Waals surface area contributed by atoms with Gasteiger partial charge in [0, 0.05) is 6.42 Å². The number of hydrogen-bond donors (Lipinski definition) is 3. The number of unbranched alkanes of at least 4 members (excludes halogenated alkanes) is 26. The molecular weight excluding hydrogens is 683 g/mol. The molecule has 8 nitrogen and oxygen atoms in total. The van der Waals surface area contributed by atoms with Crippen LogP contribution in [0, 0.1) is 0 Å². The van der Waals surface area contributed by atoms with Crippen molar-refractivity contribution in [3.8, 4) is 0 Å². The number of quaternary nitrogens is 1. The normalized spacial score (nSPS) is 14.5. The number of phosphoric acid groups is 1. The number of nitrogens with zero attached hydrogens (tertiary/aromatic N) is 1. The van der Waals surface area contributed by atoms with Crippen LogP contribution in [0.2, 0.25) is 0 Å². The minimum absolute atomic E-state index is 0.0722. The molecule has 9 heteroatoms. The first kappa shape index (κ1) is 52.2. The highest BCUT2D eigenvalue weighted by Gasteiger charge is 2.28. The zero-order valence-corrected chi connectivity index (χ0v) is 36.7. The van der Waals surface area contributed by atoms with Crippen LogP contribution in [0.3, 0.4) is 0 Å². The number of rotatable bonds is 41. The van der Waals surface area contributed by atoms with Gasteiger partial charge in [-0.25, -0.2) is 4.57 Å². The van der Waals surface area contributed by atoms with E-state index in [1.807, 2.05) is 21.1 Å². The van der Waals surface area contributed by atoms with Gasteiger partial charge in [-0.1, -0.05) is 180 Å². The Labute approximate surface area is 329 Å². The lowest BCUT2D eigenvalue weighted by molar-refractivity contribution is -0.870. The van der Waals surface area contributed by atoms with Crippen molar-refractivity contribution in [2.24, 2.45) is 0 Å². The average Bonchev–Trinajstić information content (AvgIpc) is 3.10. The van der Waals surface area contributed by atoms with E-state index in [9.17, 15) is 19.4 Å². The molecule has 0 aromatic heterocycles. The molecule has 0 aromatic rings. The molecule has 0 bridgehead atoms. The van der Waals surface area contributed by atoms with Crippen LogP contribution in [0.1, 0.15) is 213 Å². The Morgan fingerprint density at radius 3 is 1.45 bits per heavy atom. The Bertz CT molecular complexity index is 880. The Kier molecular flexibility index (Phi) is 36.3. The standard InChI is InChI=1S/C44H89N2O6P/c1-6-8-10-12-14-16-18-20-22-24-25-27-29-31-33-35-37-43(47)42(41-52-53(49,50)51-40-39-46(3,4)5)45-44(48)38-36-34-32-30-28-26-23-21-19-17-15-13-11-9-7-2/h27,29,42-43,47H,6-26,28,30-41H2,1-5H3,(H-,45,48,49,50)/p+1/b29-27+/t42-,43+/m0/s1. The van der Waals surface area contributed by atoms with Crippen LogP contribution in [0.5, 0.6) is 0 Å². The molecule has 0 spiro atoms. The van der Waals surface area contributed by atoms with Crippen LogP contribution in [-0.2, 0) is 18.4 Å². The minimum Gasteiger partial charge on any atom is -0.391 e. The number of likely N-dealkylation sites (N-methyl/N-ethyl adjacent to an activating group) is 1. The molecular formula is C44H90N2O6P+. The lowest BCUT2D eigenvalue weighted by Gasteiger charge is -2.26. The van der Waals surface area contributed by atoms with Gasteiger partial charge >= 0.3 is 7.82 Å².